The van der Waals surface area contributed by atoms with E-state index in [1.165, 1.54) is 18.2 Å². The Hall–Kier alpha value is -3.48. The fourth-order valence-electron chi connectivity index (χ4n) is 4.60. The number of halogens is 4. The maximum atomic E-state index is 13.4. The largest absolute Gasteiger partial charge is 0.423 e. The maximum Gasteiger partial charge on any atom is 0.421 e. The molecule has 0 saturated carbocycles. The molecule has 0 aliphatic carbocycles. The molecule has 1 unspecified atom stereocenters. The van der Waals surface area contributed by atoms with Crippen molar-refractivity contribution < 1.29 is 26.8 Å². The van der Waals surface area contributed by atoms with E-state index in [9.17, 15) is 27.2 Å². The Balaban J connectivity index is 1.22. The zero-order valence-corrected chi connectivity index (χ0v) is 18.5. The van der Waals surface area contributed by atoms with Crippen LogP contribution in [0.3, 0.4) is 0 Å². The molecule has 0 radical (unpaired) electrons. The van der Waals surface area contributed by atoms with Crippen LogP contribution < -0.4 is 10.5 Å². The molecule has 3 aromatic rings. The van der Waals surface area contributed by atoms with Crippen molar-refractivity contribution in [2.45, 2.75) is 25.1 Å². The Morgan fingerprint density at radius 3 is 2.66 bits per heavy atom. The van der Waals surface area contributed by atoms with Crippen LogP contribution in [-0.2, 0) is 11.0 Å². The van der Waals surface area contributed by atoms with E-state index in [0.29, 0.717) is 62.7 Å². The molecule has 0 bridgehead atoms. The third kappa shape index (κ3) is 4.72. The molecule has 2 aliphatic heterocycles. The Kier molecular flexibility index (Phi) is 5.95. The van der Waals surface area contributed by atoms with Gasteiger partial charge in [-0.25, -0.2) is 9.49 Å². The number of aromatic nitrogens is 3. The average Bonchev–Trinajstić information content (AvgIpc) is 3.45. The zero-order chi connectivity index (χ0) is 24.7. The molecule has 0 spiro atoms. The van der Waals surface area contributed by atoms with E-state index in [1.54, 1.807) is 9.80 Å². The van der Waals surface area contributed by atoms with Crippen molar-refractivity contribution in [1.29, 1.82) is 0 Å². The Morgan fingerprint density at radius 2 is 1.91 bits per heavy atom. The molecule has 5 rings (SSSR count). The lowest BCUT2D eigenvalue weighted by molar-refractivity contribution is -0.139. The van der Waals surface area contributed by atoms with Crippen LogP contribution in [0.5, 0.6) is 0 Å². The minimum absolute atomic E-state index is 0.0367. The SMILES string of the molecule is O=C(CN1CCCC1c1cc(C(F)(F)F)c(=O)[nH]n1)N1CCN(c2nc3cc(F)ccc3o2)CC1. The number of aromatic amines is 1. The lowest BCUT2D eigenvalue weighted by Gasteiger charge is -2.35. The normalized spacial score (nSPS) is 19.6. The van der Waals surface area contributed by atoms with Crippen LogP contribution in [0.1, 0.15) is 30.1 Å². The van der Waals surface area contributed by atoms with Crippen LogP contribution in [-0.4, -0.2) is 70.2 Å². The van der Waals surface area contributed by atoms with E-state index < -0.39 is 29.2 Å². The number of carbonyl (C=O) groups excluding carboxylic acids is 1. The number of likely N-dealkylation sites (tertiary alicyclic amines) is 1. The van der Waals surface area contributed by atoms with Crippen molar-refractivity contribution in [3.63, 3.8) is 0 Å². The summed E-state index contributed by atoms with van der Waals surface area (Å²) in [5.74, 6) is -0.545. The molecule has 2 saturated heterocycles. The number of benzene rings is 1. The van der Waals surface area contributed by atoms with Crippen LogP contribution in [0.2, 0.25) is 0 Å². The van der Waals surface area contributed by atoms with E-state index >= 15 is 0 Å². The molecule has 35 heavy (non-hydrogen) atoms. The van der Waals surface area contributed by atoms with Gasteiger partial charge in [0.05, 0.1) is 18.3 Å². The summed E-state index contributed by atoms with van der Waals surface area (Å²) >= 11 is 0. The van der Waals surface area contributed by atoms with Crippen LogP contribution in [0.25, 0.3) is 11.1 Å². The fraction of sp³-hybridized carbons (Fsp3) is 0.455. The number of piperazine rings is 1. The third-order valence-corrected chi connectivity index (χ3v) is 6.41. The van der Waals surface area contributed by atoms with Crippen molar-refractivity contribution in [2.75, 3.05) is 44.2 Å². The first-order chi connectivity index (χ1) is 16.7. The second-order valence-electron chi connectivity index (χ2n) is 8.64. The highest BCUT2D eigenvalue weighted by Gasteiger charge is 2.37. The number of nitrogens with zero attached hydrogens (tertiary/aromatic N) is 5. The topological polar surface area (TPSA) is 98.6 Å². The standard InChI is InChI=1S/C22H22F4N6O3/c23-13-3-4-18-16(10-13)27-21(35-18)31-8-6-30(7-9-31)19(33)12-32-5-1-2-17(32)15-11-14(22(24,25)26)20(34)29-28-15/h3-4,10-11,17H,1-2,5-9,12H2,(H,29,34). The number of H-pyrrole nitrogens is 1. The van der Waals surface area contributed by atoms with Crippen LogP contribution in [0.15, 0.2) is 33.5 Å². The van der Waals surface area contributed by atoms with Gasteiger partial charge in [-0.15, -0.1) is 0 Å². The number of oxazole rings is 1. The summed E-state index contributed by atoms with van der Waals surface area (Å²) in [6.07, 6.45) is -3.55. The van der Waals surface area contributed by atoms with Gasteiger partial charge in [0, 0.05) is 32.2 Å². The number of carbonyl (C=O) groups is 1. The summed E-state index contributed by atoms with van der Waals surface area (Å²) in [7, 11) is 0. The van der Waals surface area contributed by atoms with Crippen molar-refractivity contribution in [2.24, 2.45) is 0 Å². The minimum Gasteiger partial charge on any atom is -0.423 e. The van der Waals surface area contributed by atoms with E-state index in [4.69, 9.17) is 4.42 Å². The van der Waals surface area contributed by atoms with E-state index in [2.05, 4.69) is 10.1 Å². The first-order valence-electron chi connectivity index (χ1n) is 11.2. The Labute approximate surface area is 196 Å². The van der Waals surface area contributed by atoms with Gasteiger partial charge in [0.2, 0.25) is 5.91 Å². The predicted molar refractivity (Wildman–Crippen MR) is 116 cm³/mol. The van der Waals surface area contributed by atoms with Gasteiger partial charge in [0.15, 0.2) is 5.58 Å². The number of hydrogen-bond donors (Lipinski definition) is 1. The van der Waals surface area contributed by atoms with E-state index in [-0.39, 0.29) is 18.1 Å². The highest BCUT2D eigenvalue weighted by atomic mass is 19.4. The van der Waals surface area contributed by atoms with Gasteiger partial charge in [0.1, 0.15) is 16.9 Å². The first kappa shape index (κ1) is 23.3. The smallest absolute Gasteiger partial charge is 0.421 e. The van der Waals surface area contributed by atoms with Gasteiger partial charge in [0.25, 0.3) is 11.6 Å². The summed E-state index contributed by atoms with van der Waals surface area (Å²) in [6.45, 7) is 2.36. The Bertz CT molecular complexity index is 1300. The molecule has 186 valence electrons. The molecule has 2 fully saturated rings. The van der Waals surface area contributed by atoms with Crippen LogP contribution >= 0.6 is 0 Å². The van der Waals surface area contributed by atoms with Gasteiger partial charge >= 0.3 is 6.18 Å². The molecule has 9 nitrogen and oxygen atoms in total. The van der Waals surface area contributed by atoms with Gasteiger partial charge < -0.3 is 14.2 Å². The van der Waals surface area contributed by atoms with Gasteiger partial charge in [-0.1, -0.05) is 0 Å². The van der Waals surface area contributed by atoms with Crippen molar-refractivity contribution in [3.05, 3.63) is 51.7 Å². The van der Waals surface area contributed by atoms with Crippen LogP contribution in [0, 0.1) is 5.82 Å². The molecule has 1 N–H and O–H groups in total. The number of amides is 1. The second-order valence-corrected chi connectivity index (χ2v) is 8.64. The van der Waals surface area contributed by atoms with Crippen LogP contribution in [0.4, 0.5) is 23.6 Å². The first-order valence-corrected chi connectivity index (χ1v) is 11.2. The third-order valence-electron chi connectivity index (χ3n) is 6.41. The Morgan fingerprint density at radius 1 is 1.14 bits per heavy atom. The average molecular weight is 494 g/mol. The molecule has 4 heterocycles. The highest BCUT2D eigenvalue weighted by molar-refractivity contribution is 5.79. The predicted octanol–water partition coefficient (Wildman–Crippen LogP) is 2.55. The van der Waals surface area contributed by atoms with Crippen molar-refractivity contribution >= 4 is 23.0 Å². The van der Waals surface area contributed by atoms with Gasteiger partial charge in [-0.2, -0.15) is 23.3 Å². The monoisotopic (exact) mass is 494 g/mol. The highest BCUT2D eigenvalue weighted by Crippen LogP contribution is 2.33. The summed E-state index contributed by atoms with van der Waals surface area (Å²) in [6, 6.07) is 4.76. The molecule has 2 aliphatic rings. The molecule has 13 heteroatoms. The molecular weight excluding hydrogens is 472 g/mol. The van der Waals surface area contributed by atoms with E-state index in [1.807, 2.05) is 10.00 Å². The molecule has 2 aromatic heterocycles. The van der Waals surface area contributed by atoms with Crippen molar-refractivity contribution in [1.82, 2.24) is 25.0 Å². The summed E-state index contributed by atoms with van der Waals surface area (Å²) in [5.41, 5.74) is -1.59. The number of rotatable bonds is 4. The summed E-state index contributed by atoms with van der Waals surface area (Å²) in [5, 5.41) is 5.75. The van der Waals surface area contributed by atoms with Gasteiger partial charge in [-0.05, 0) is 37.6 Å². The number of nitrogens with one attached hydrogen (secondary N) is 1. The number of alkyl halides is 3. The minimum atomic E-state index is -4.78. The number of anilines is 1. The second kappa shape index (κ2) is 8.95. The number of hydrogen-bond acceptors (Lipinski definition) is 7. The molecule has 1 atom stereocenters. The van der Waals surface area contributed by atoms with Gasteiger partial charge in [-0.3, -0.25) is 14.5 Å². The molecule has 1 aromatic carbocycles. The summed E-state index contributed by atoms with van der Waals surface area (Å²) in [4.78, 5) is 34.2. The molecular formula is C22H22F4N6O3. The van der Waals surface area contributed by atoms with Crippen molar-refractivity contribution in [3.8, 4) is 0 Å². The zero-order valence-electron chi connectivity index (χ0n) is 18.5. The fourth-order valence-corrected chi connectivity index (χ4v) is 4.60. The maximum absolute atomic E-state index is 13.4. The quantitative estimate of drug-likeness (QED) is 0.557. The van der Waals surface area contributed by atoms with E-state index in [0.717, 1.165) is 6.07 Å². The summed E-state index contributed by atoms with van der Waals surface area (Å²) < 4.78 is 58.5. The lowest BCUT2D eigenvalue weighted by atomic mass is 10.1. The number of fused-ring (bicyclic) bond motifs is 1. The lowest BCUT2D eigenvalue weighted by Crippen LogP contribution is -2.51. The molecule has 1 amide bonds.